The van der Waals surface area contributed by atoms with Crippen LogP contribution in [0.3, 0.4) is 0 Å². The lowest BCUT2D eigenvalue weighted by Crippen LogP contribution is -2.11. The van der Waals surface area contributed by atoms with Gasteiger partial charge in [-0.2, -0.15) is 0 Å². The molecule has 8 heteroatoms. The van der Waals surface area contributed by atoms with E-state index in [1.165, 1.54) is 0 Å². The van der Waals surface area contributed by atoms with E-state index in [0.717, 1.165) is 12.5 Å². The number of aromatic nitrogens is 1. The van der Waals surface area contributed by atoms with Gasteiger partial charge in [-0.1, -0.05) is 24.3 Å². The van der Waals surface area contributed by atoms with Crippen LogP contribution in [0.15, 0.2) is 59.1 Å². The minimum absolute atomic E-state index is 0.0188. The summed E-state index contributed by atoms with van der Waals surface area (Å²) in [4.78, 5) is 13.3. The van der Waals surface area contributed by atoms with E-state index in [1.54, 1.807) is 30.5 Å². The highest BCUT2D eigenvalue weighted by molar-refractivity contribution is 5.95. The smallest absolute Gasteiger partial charge is 0.300 e. The summed E-state index contributed by atoms with van der Waals surface area (Å²) >= 11 is 0. The third kappa shape index (κ3) is 5.27. The predicted octanol–water partition coefficient (Wildman–Crippen LogP) is 2.67. The summed E-state index contributed by atoms with van der Waals surface area (Å²) in [6.45, 7) is 1.08. The number of nitrogens with zero attached hydrogens (tertiary/aromatic N) is 1. The molecular weight excluding hydrogens is 346 g/mol. The zero-order valence-electron chi connectivity index (χ0n) is 14.6. The summed E-state index contributed by atoms with van der Waals surface area (Å²) in [5.41, 5.74) is 13.7. The van der Waals surface area contributed by atoms with Crippen molar-refractivity contribution >= 4 is 17.6 Å². The fraction of sp³-hybridized carbons (Fsp3) is 0.0526. The van der Waals surface area contributed by atoms with Gasteiger partial charge < -0.3 is 21.0 Å². The third-order valence-electron chi connectivity index (χ3n) is 3.41. The van der Waals surface area contributed by atoms with Crippen LogP contribution in [0.2, 0.25) is 0 Å². The SMILES string of the molecule is CC(=O)O.N=C(N)c1ccc(-c2ccc(-c3ccc(C(=N)N)cn3)o2)cc1. The van der Waals surface area contributed by atoms with Gasteiger partial charge >= 0.3 is 0 Å². The average molecular weight is 365 g/mol. The highest BCUT2D eigenvalue weighted by atomic mass is 16.4. The maximum Gasteiger partial charge on any atom is 0.300 e. The van der Waals surface area contributed by atoms with Crippen LogP contribution in [0.4, 0.5) is 0 Å². The molecular formula is C19H19N5O3. The van der Waals surface area contributed by atoms with Crippen molar-refractivity contribution in [1.82, 2.24) is 4.98 Å². The van der Waals surface area contributed by atoms with Gasteiger partial charge in [-0.25, -0.2) is 0 Å². The Morgan fingerprint density at radius 2 is 1.44 bits per heavy atom. The van der Waals surface area contributed by atoms with Gasteiger partial charge in [0.15, 0.2) is 5.76 Å². The molecule has 0 aliphatic rings. The van der Waals surface area contributed by atoms with E-state index in [9.17, 15) is 0 Å². The number of benzene rings is 1. The molecule has 0 aliphatic carbocycles. The topological polar surface area (TPSA) is 163 Å². The maximum absolute atomic E-state index is 9.00. The first kappa shape index (κ1) is 19.4. The number of carbonyl (C=O) groups is 1. The number of hydrogen-bond acceptors (Lipinski definition) is 5. The Hall–Kier alpha value is -3.94. The van der Waals surface area contributed by atoms with Crippen LogP contribution >= 0.6 is 0 Å². The van der Waals surface area contributed by atoms with E-state index < -0.39 is 5.97 Å². The molecule has 0 radical (unpaired) electrons. The molecule has 0 saturated heterocycles. The largest absolute Gasteiger partial charge is 0.481 e. The van der Waals surface area contributed by atoms with Crippen molar-refractivity contribution in [2.45, 2.75) is 6.92 Å². The van der Waals surface area contributed by atoms with Crippen molar-refractivity contribution in [3.63, 3.8) is 0 Å². The highest BCUT2D eigenvalue weighted by Gasteiger charge is 2.09. The number of aliphatic carboxylic acids is 1. The van der Waals surface area contributed by atoms with E-state index in [-0.39, 0.29) is 11.7 Å². The Morgan fingerprint density at radius 3 is 1.93 bits per heavy atom. The van der Waals surface area contributed by atoms with Crippen LogP contribution in [0.25, 0.3) is 22.8 Å². The zero-order chi connectivity index (χ0) is 20.0. The Kier molecular flexibility index (Phi) is 6.06. The molecule has 27 heavy (non-hydrogen) atoms. The molecule has 0 fully saturated rings. The molecule has 138 valence electrons. The summed E-state index contributed by atoms with van der Waals surface area (Å²) in [5.74, 6) is 0.513. The molecule has 7 N–H and O–H groups in total. The van der Waals surface area contributed by atoms with E-state index in [2.05, 4.69) is 4.98 Å². The fourth-order valence-electron chi connectivity index (χ4n) is 2.14. The highest BCUT2D eigenvalue weighted by Crippen LogP contribution is 2.27. The minimum Gasteiger partial charge on any atom is -0.481 e. The molecule has 0 bridgehead atoms. The Labute approximate surface area is 155 Å². The number of pyridine rings is 1. The van der Waals surface area contributed by atoms with Gasteiger partial charge in [0.25, 0.3) is 5.97 Å². The molecule has 0 aliphatic heterocycles. The number of nitrogen functional groups attached to an aromatic ring is 2. The molecule has 3 rings (SSSR count). The lowest BCUT2D eigenvalue weighted by molar-refractivity contribution is -0.134. The number of nitrogens with two attached hydrogens (primary N) is 2. The number of carboxylic acids is 1. The summed E-state index contributed by atoms with van der Waals surface area (Å²) in [6, 6.07) is 14.5. The second kappa shape index (κ2) is 8.43. The van der Waals surface area contributed by atoms with Crippen molar-refractivity contribution < 1.29 is 14.3 Å². The first-order valence-electron chi connectivity index (χ1n) is 7.83. The van der Waals surface area contributed by atoms with E-state index in [4.69, 9.17) is 36.6 Å². The van der Waals surface area contributed by atoms with Gasteiger partial charge in [-0.15, -0.1) is 0 Å². The summed E-state index contributed by atoms with van der Waals surface area (Å²) in [7, 11) is 0. The predicted molar refractivity (Wildman–Crippen MR) is 103 cm³/mol. The van der Waals surface area contributed by atoms with Crippen LogP contribution in [-0.2, 0) is 4.79 Å². The maximum atomic E-state index is 9.00. The van der Waals surface area contributed by atoms with Gasteiger partial charge in [0.1, 0.15) is 23.1 Å². The van der Waals surface area contributed by atoms with Crippen molar-refractivity contribution in [2.75, 3.05) is 0 Å². The summed E-state index contributed by atoms with van der Waals surface area (Å²) < 4.78 is 5.82. The fourth-order valence-corrected chi connectivity index (χ4v) is 2.14. The third-order valence-corrected chi connectivity index (χ3v) is 3.41. The Morgan fingerprint density at radius 1 is 0.926 bits per heavy atom. The second-order valence-electron chi connectivity index (χ2n) is 5.52. The second-order valence-corrected chi connectivity index (χ2v) is 5.52. The first-order valence-corrected chi connectivity index (χ1v) is 7.83. The van der Waals surface area contributed by atoms with Crippen molar-refractivity contribution in [3.05, 3.63) is 65.9 Å². The molecule has 0 atom stereocenters. The van der Waals surface area contributed by atoms with Crippen LogP contribution in [0, 0.1) is 10.8 Å². The molecule has 0 unspecified atom stereocenters. The number of nitrogens with one attached hydrogen (secondary N) is 2. The van der Waals surface area contributed by atoms with Gasteiger partial charge in [-0.05, 0) is 24.3 Å². The number of rotatable bonds is 4. The van der Waals surface area contributed by atoms with Crippen LogP contribution < -0.4 is 11.5 Å². The van der Waals surface area contributed by atoms with Gasteiger partial charge in [0.05, 0.1) is 0 Å². The number of amidine groups is 2. The quantitative estimate of drug-likeness (QED) is 0.352. The molecule has 3 aromatic rings. The van der Waals surface area contributed by atoms with Crippen LogP contribution in [0.5, 0.6) is 0 Å². The molecule has 8 nitrogen and oxygen atoms in total. The molecule has 0 spiro atoms. The standard InChI is InChI=1S/C17H15N5O.C2H4O2/c18-16(19)11-3-1-10(2-4-11)14-7-8-15(23-14)13-6-5-12(9-22-13)17(20)21;1-2(3)4/h1-9H,(H3,18,19)(H3,20,21);1H3,(H,3,4). The normalized spacial score (nSPS) is 9.81. The molecule has 0 saturated carbocycles. The van der Waals surface area contributed by atoms with Crippen molar-refractivity contribution in [2.24, 2.45) is 11.5 Å². The zero-order valence-corrected chi connectivity index (χ0v) is 14.6. The minimum atomic E-state index is -0.833. The number of carboxylic acid groups (broad SMARTS) is 1. The van der Waals surface area contributed by atoms with Crippen molar-refractivity contribution in [1.29, 1.82) is 10.8 Å². The van der Waals surface area contributed by atoms with E-state index >= 15 is 0 Å². The van der Waals surface area contributed by atoms with Crippen LogP contribution in [-0.4, -0.2) is 27.7 Å². The molecule has 2 aromatic heterocycles. The van der Waals surface area contributed by atoms with Crippen molar-refractivity contribution in [3.8, 4) is 22.8 Å². The molecule has 1 aromatic carbocycles. The van der Waals surface area contributed by atoms with Gasteiger partial charge in [0.2, 0.25) is 0 Å². The number of furan rings is 1. The van der Waals surface area contributed by atoms with Crippen LogP contribution in [0.1, 0.15) is 18.1 Å². The lowest BCUT2D eigenvalue weighted by Gasteiger charge is -2.01. The van der Waals surface area contributed by atoms with E-state index in [1.807, 2.05) is 24.3 Å². The number of hydrogen-bond donors (Lipinski definition) is 5. The first-order chi connectivity index (χ1) is 12.8. The van der Waals surface area contributed by atoms with Gasteiger partial charge in [0, 0.05) is 29.8 Å². The summed E-state index contributed by atoms with van der Waals surface area (Å²) in [5, 5.41) is 22.2. The van der Waals surface area contributed by atoms with Gasteiger partial charge in [-0.3, -0.25) is 20.6 Å². The molecule has 2 heterocycles. The molecule has 0 amide bonds. The monoisotopic (exact) mass is 365 g/mol. The lowest BCUT2D eigenvalue weighted by atomic mass is 10.1. The average Bonchev–Trinajstić information content (AvgIpc) is 3.11. The Balaban J connectivity index is 0.000000596. The summed E-state index contributed by atoms with van der Waals surface area (Å²) in [6.07, 6.45) is 1.54. The Bertz CT molecular complexity index is 884. The van der Waals surface area contributed by atoms with E-state index in [0.29, 0.717) is 28.3 Å².